The molecule has 0 bridgehead atoms. The molecule has 0 saturated heterocycles. The minimum Gasteiger partial charge on any atom is -0.497 e. The highest BCUT2D eigenvalue weighted by molar-refractivity contribution is 5.48. The van der Waals surface area contributed by atoms with Gasteiger partial charge in [-0.3, -0.25) is 0 Å². The maximum Gasteiger partial charge on any atom is 0.122 e. The average molecular weight is 310 g/mol. The summed E-state index contributed by atoms with van der Waals surface area (Å²) in [6.45, 7) is 0. The van der Waals surface area contributed by atoms with Gasteiger partial charge in [0, 0.05) is 19.8 Å². The van der Waals surface area contributed by atoms with Gasteiger partial charge in [0.05, 0.1) is 26.2 Å². The van der Waals surface area contributed by atoms with Gasteiger partial charge in [0.15, 0.2) is 0 Å². The van der Waals surface area contributed by atoms with Crippen LogP contribution in [0.4, 0.5) is 5.69 Å². The van der Waals surface area contributed by atoms with Crippen molar-refractivity contribution in [2.24, 2.45) is 0 Å². The predicted octanol–water partition coefficient (Wildman–Crippen LogP) is 3.62. The third kappa shape index (κ3) is 3.95. The van der Waals surface area contributed by atoms with Gasteiger partial charge in [-0.15, -0.1) is 0 Å². The Hall–Kier alpha value is -2.67. The van der Waals surface area contributed by atoms with E-state index in [2.05, 4.69) is 6.07 Å². The van der Waals surface area contributed by atoms with E-state index in [1.165, 1.54) is 0 Å². The zero-order valence-electron chi connectivity index (χ0n) is 14.0. The van der Waals surface area contributed by atoms with Crippen molar-refractivity contribution >= 4 is 5.69 Å². The first kappa shape index (κ1) is 16.7. The van der Waals surface area contributed by atoms with Crippen molar-refractivity contribution in [2.45, 2.75) is 12.3 Å². The summed E-state index contributed by atoms with van der Waals surface area (Å²) in [7, 11) is 7.27. The van der Waals surface area contributed by atoms with Crippen molar-refractivity contribution in [3.8, 4) is 17.6 Å². The summed E-state index contributed by atoms with van der Waals surface area (Å²) in [5.41, 5.74) is 3.09. The van der Waals surface area contributed by atoms with Crippen molar-refractivity contribution in [3.05, 3.63) is 53.6 Å². The molecule has 1 atom stereocenters. The molecule has 23 heavy (non-hydrogen) atoms. The first-order valence-corrected chi connectivity index (χ1v) is 7.46. The van der Waals surface area contributed by atoms with Gasteiger partial charge < -0.3 is 14.4 Å². The van der Waals surface area contributed by atoms with E-state index in [1.807, 2.05) is 61.5 Å². The van der Waals surface area contributed by atoms with E-state index in [9.17, 15) is 5.26 Å². The van der Waals surface area contributed by atoms with Crippen LogP contribution in [0, 0.1) is 11.3 Å². The van der Waals surface area contributed by atoms with Gasteiger partial charge in [-0.05, 0) is 47.9 Å². The number of hydrogen-bond acceptors (Lipinski definition) is 4. The van der Waals surface area contributed by atoms with Gasteiger partial charge in [0.1, 0.15) is 11.5 Å². The van der Waals surface area contributed by atoms with Crippen LogP contribution in [-0.2, 0) is 6.42 Å². The molecule has 0 saturated carbocycles. The van der Waals surface area contributed by atoms with Crippen LogP contribution in [0.2, 0.25) is 0 Å². The maximum atomic E-state index is 9.58. The number of methoxy groups -OCH3 is 2. The Morgan fingerprint density at radius 1 is 1.04 bits per heavy atom. The number of nitrogens with zero attached hydrogens (tertiary/aromatic N) is 2. The van der Waals surface area contributed by atoms with Crippen LogP contribution in [0.5, 0.6) is 11.5 Å². The lowest BCUT2D eigenvalue weighted by atomic mass is 9.92. The molecule has 0 spiro atoms. The molecular weight excluding hydrogens is 288 g/mol. The minimum absolute atomic E-state index is 0.229. The van der Waals surface area contributed by atoms with E-state index in [0.29, 0.717) is 6.42 Å². The second-order valence-corrected chi connectivity index (χ2v) is 5.55. The summed E-state index contributed by atoms with van der Waals surface area (Å²) in [6, 6.07) is 16.1. The monoisotopic (exact) mass is 310 g/mol. The summed E-state index contributed by atoms with van der Waals surface area (Å²) in [6.07, 6.45) is 0.582. The fraction of sp³-hybridized carbons (Fsp3) is 0.316. The van der Waals surface area contributed by atoms with Crippen LogP contribution >= 0.6 is 0 Å². The average Bonchev–Trinajstić information content (AvgIpc) is 2.59. The molecule has 0 aliphatic heterocycles. The van der Waals surface area contributed by atoms with Gasteiger partial charge >= 0.3 is 0 Å². The van der Waals surface area contributed by atoms with Crippen molar-refractivity contribution < 1.29 is 9.47 Å². The normalized spacial score (nSPS) is 11.4. The van der Waals surface area contributed by atoms with Crippen molar-refractivity contribution in [1.82, 2.24) is 0 Å². The fourth-order valence-electron chi connectivity index (χ4n) is 2.50. The highest BCUT2D eigenvalue weighted by atomic mass is 16.5. The molecule has 0 aliphatic carbocycles. The summed E-state index contributed by atoms with van der Waals surface area (Å²) >= 11 is 0. The van der Waals surface area contributed by atoms with E-state index in [1.54, 1.807) is 14.2 Å². The first-order chi connectivity index (χ1) is 11.1. The molecule has 1 unspecified atom stereocenters. The van der Waals surface area contributed by atoms with Crippen LogP contribution in [-0.4, -0.2) is 28.3 Å². The zero-order valence-corrected chi connectivity index (χ0v) is 14.0. The second kappa shape index (κ2) is 7.55. The van der Waals surface area contributed by atoms with Crippen LogP contribution in [0.1, 0.15) is 17.0 Å². The van der Waals surface area contributed by atoms with Gasteiger partial charge in [-0.1, -0.05) is 12.1 Å². The Labute approximate surface area is 137 Å². The molecular formula is C19H22N2O2. The molecule has 0 radical (unpaired) electrons. The summed E-state index contributed by atoms with van der Waals surface area (Å²) < 4.78 is 10.7. The Bertz CT molecular complexity index is 688. The molecule has 2 aromatic rings. The Morgan fingerprint density at radius 3 is 2.26 bits per heavy atom. The van der Waals surface area contributed by atoms with Crippen molar-refractivity contribution in [1.29, 1.82) is 5.26 Å². The molecule has 4 nitrogen and oxygen atoms in total. The lowest BCUT2D eigenvalue weighted by molar-refractivity contribution is 0.398. The van der Waals surface area contributed by atoms with E-state index in [-0.39, 0.29) is 5.92 Å². The smallest absolute Gasteiger partial charge is 0.122 e. The number of nitriles is 1. The number of rotatable bonds is 6. The van der Waals surface area contributed by atoms with Gasteiger partial charge in [0.25, 0.3) is 0 Å². The van der Waals surface area contributed by atoms with Crippen molar-refractivity contribution in [2.75, 3.05) is 33.2 Å². The highest BCUT2D eigenvalue weighted by Gasteiger charge is 2.15. The second-order valence-electron chi connectivity index (χ2n) is 5.55. The fourth-order valence-corrected chi connectivity index (χ4v) is 2.50. The lowest BCUT2D eigenvalue weighted by Crippen LogP contribution is -2.09. The van der Waals surface area contributed by atoms with E-state index >= 15 is 0 Å². The van der Waals surface area contributed by atoms with Crippen LogP contribution < -0.4 is 14.4 Å². The Morgan fingerprint density at radius 2 is 1.74 bits per heavy atom. The SMILES string of the molecule is COc1ccc(OC)c(CC(C#N)c2ccc(N(C)C)cc2)c1. The Kier molecular flexibility index (Phi) is 5.48. The van der Waals surface area contributed by atoms with E-state index in [0.717, 1.165) is 28.3 Å². The summed E-state index contributed by atoms with van der Waals surface area (Å²) in [5.74, 6) is 1.31. The van der Waals surface area contributed by atoms with Crippen LogP contribution in [0.3, 0.4) is 0 Å². The molecule has 0 aliphatic rings. The quantitative estimate of drug-likeness (QED) is 0.817. The van der Waals surface area contributed by atoms with Crippen LogP contribution in [0.15, 0.2) is 42.5 Å². The summed E-state index contributed by atoms with van der Waals surface area (Å²) in [5, 5.41) is 9.58. The molecule has 120 valence electrons. The number of benzene rings is 2. The standard InChI is InChI=1S/C19H22N2O2/c1-21(2)17-7-5-14(6-8-17)16(13-20)11-15-12-18(22-3)9-10-19(15)23-4/h5-10,12,16H,11H2,1-4H3. The number of anilines is 1. The molecule has 2 aromatic carbocycles. The molecule has 4 heteroatoms. The van der Waals surface area contributed by atoms with E-state index < -0.39 is 0 Å². The molecule has 0 heterocycles. The highest BCUT2D eigenvalue weighted by Crippen LogP contribution is 2.30. The van der Waals surface area contributed by atoms with Crippen LogP contribution in [0.25, 0.3) is 0 Å². The Balaban J connectivity index is 2.27. The van der Waals surface area contributed by atoms with Gasteiger partial charge in [0.2, 0.25) is 0 Å². The molecule has 0 amide bonds. The maximum absolute atomic E-state index is 9.58. The van der Waals surface area contributed by atoms with Crippen molar-refractivity contribution in [3.63, 3.8) is 0 Å². The largest absolute Gasteiger partial charge is 0.497 e. The summed E-state index contributed by atoms with van der Waals surface area (Å²) in [4.78, 5) is 2.04. The zero-order chi connectivity index (χ0) is 16.8. The van der Waals surface area contributed by atoms with E-state index in [4.69, 9.17) is 9.47 Å². The lowest BCUT2D eigenvalue weighted by Gasteiger charge is -2.16. The molecule has 0 N–H and O–H groups in total. The predicted molar refractivity (Wildman–Crippen MR) is 92.4 cm³/mol. The molecule has 0 aromatic heterocycles. The third-order valence-electron chi connectivity index (χ3n) is 3.88. The minimum atomic E-state index is -0.229. The van der Waals surface area contributed by atoms with Gasteiger partial charge in [-0.2, -0.15) is 5.26 Å². The van der Waals surface area contributed by atoms with Gasteiger partial charge in [-0.25, -0.2) is 0 Å². The topological polar surface area (TPSA) is 45.5 Å². The third-order valence-corrected chi connectivity index (χ3v) is 3.88. The molecule has 0 fully saturated rings. The number of hydrogen-bond donors (Lipinski definition) is 0. The first-order valence-electron chi connectivity index (χ1n) is 7.46. The number of ether oxygens (including phenoxy) is 2. The molecule has 2 rings (SSSR count).